The quantitative estimate of drug-likeness (QED) is 0.0280. The number of nitrogens with one attached hydrogen (secondary N) is 1. The molecule has 0 heterocycles. The van der Waals surface area contributed by atoms with E-state index in [0.29, 0.717) is 23.9 Å². The number of quaternary nitrogens is 1. The van der Waals surface area contributed by atoms with Crippen LogP contribution >= 0.6 is 7.82 Å². The molecule has 0 saturated carbocycles. The van der Waals surface area contributed by atoms with Crippen molar-refractivity contribution in [3.8, 4) is 0 Å². The van der Waals surface area contributed by atoms with Crippen molar-refractivity contribution in [1.82, 2.24) is 5.32 Å². The van der Waals surface area contributed by atoms with Crippen LogP contribution in [0.15, 0.2) is 12.2 Å². The molecule has 0 saturated heterocycles. The number of hydrogen-bond acceptors (Lipinski definition) is 5. The Hall–Kier alpha value is -0.760. The van der Waals surface area contributed by atoms with Crippen molar-refractivity contribution in [2.45, 2.75) is 174 Å². The van der Waals surface area contributed by atoms with Gasteiger partial charge in [0, 0.05) is 6.42 Å². The number of rotatable bonds is 33. The SMILES string of the molecule is CCCCCCCC/C=C\CCCCCCCCCCCC(=O)NC(COP(=O)(O)OCC[N+](C)(C)C)C(O)CCCCCC. The first-order valence-corrected chi connectivity index (χ1v) is 20.0. The largest absolute Gasteiger partial charge is 0.472 e. The number of likely N-dealkylation sites (N-methyl/N-ethyl adjacent to an activating group) is 1. The first-order chi connectivity index (χ1) is 21.5. The summed E-state index contributed by atoms with van der Waals surface area (Å²) in [6.07, 6.45) is 30.0. The number of unbranched alkanes of at least 4 members (excludes halogenated alkanes) is 18. The lowest BCUT2D eigenvalue weighted by molar-refractivity contribution is -0.870. The van der Waals surface area contributed by atoms with Crippen molar-refractivity contribution >= 4 is 13.7 Å². The third-order valence-corrected chi connectivity index (χ3v) is 9.25. The molecule has 0 radical (unpaired) electrons. The minimum absolute atomic E-state index is 0.0743. The second kappa shape index (κ2) is 29.4. The van der Waals surface area contributed by atoms with Crippen LogP contribution in [0.5, 0.6) is 0 Å². The van der Waals surface area contributed by atoms with Gasteiger partial charge in [-0.2, -0.15) is 0 Å². The van der Waals surface area contributed by atoms with E-state index < -0.39 is 20.0 Å². The molecule has 45 heavy (non-hydrogen) atoms. The van der Waals surface area contributed by atoms with Gasteiger partial charge in [0.2, 0.25) is 5.91 Å². The summed E-state index contributed by atoms with van der Waals surface area (Å²) in [7, 11) is 1.61. The van der Waals surface area contributed by atoms with Crippen molar-refractivity contribution in [3.05, 3.63) is 12.2 Å². The third kappa shape index (κ3) is 31.6. The Morgan fingerprint density at radius 1 is 0.733 bits per heavy atom. The fraction of sp³-hybridized carbons (Fsp3) is 0.917. The van der Waals surface area contributed by atoms with Crippen LogP contribution in [0.2, 0.25) is 0 Å². The summed E-state index contributed by atoms with van der Waals surface area (Å²) < 4.78 is 23.3. The molecule has 1 amide bonds. The van der Waals surface area contributed by atoms with Crippen LogP contribution < -0.4 is 5.32 Å². The molecule has 0 rings (SSSR count). The smallest absolute Gasteiger partial charge is 0.391 e. The summed E-state index contributed by atoms with van der Waals surface area (Å²) in [5, 5.41) is 13.6. The lowest BCUT2D eigenvalue weighted by Gasteiger charge is -2.26. The Labute approximate surface area is 278 Å². The molecule has 3 atom stereocenters. The molecule has 0 fully saturated rings. The van der Waals surface area contributed by atoms with Crippen LogP contribution in [0.3, 0.4) is 0 Å². The number of phosphoric ester groups is 1. The molecule has 0 aromatic carbocycles. The average molecular weight is 662 g/mol. The van der Waals surface area contributed by atoms with Gasteiger partial charge in [-0.3, -0.25) is 13.8 Å². The molecule has 0 aliphatic heterocycles. The minimum Gasteiger partial charge on any atom is -0.391 e. The number of phosphoric acid groups is 1. The van der Waals surface area contributed by atoms with E-state index in [0.717, 1.165) is 44.9 Å². The lowest BCUT2D eigenvalue weighted by atomic mass is 10.0. The molecule has 0 spiro atoms. The van der Waals surface area contributed by atoms with Crippen LogP contribution in [0, 0.1) is 0 Å². The summed E-state index contributed by atoms with van der Waals surface area (Å²) in [6.45, 7) is 4.75. The zero-order chi connectivity index (χ0) is 33.7. The summed E-state index contributed by atoms with van der Waals surface area (Å²) in [4.78, 5) is 22.8. The maximum atomic E-state index is 12.7. The second-order valence-electron chi connectivity index (χ2n) is 14.0. The predicted molar refractivity (Wildman–Crippen MR) is 189 cm³/mol. The number of hydrogen-bond donors (Lipinski definition) is 3. The molecule has 0 aliphatic rings. The van der Waals surface area contributed by atoms with Crippen molar-refractivity contribution in [1.29, 1.82) is 0 Å². The molecule has 9 heteroatoms. The van der Waals surface area contributed by atoms with E-state index >= 15 is 0 Å². The summed E-state index contributed by atoms with van der Waals surface area (Å²) in [5.41, 5.74) is 0. The van der Waals surface area contributed by atoms with E-state index in [1.54, 1.807) is 0 Å². The van der Waals surface area contributed by atoms with Crippen molar-refractivity contribution in [2.24, 2.45) is 0 Å². The van der Waals surface area contributed by atoms with E-state index in [9.17, 15) is 19.4 Å². The molecule has 0 aromatic rings. The molecule has 0 aromatic heterocycles. The summed E-state index contributed by atoms with van der Waals surface area (Å²) in [5.74, 6) is -0.157. The topological polar surface area (TPSA) is 105 Å². The molecule has 0 aliphatic carbocycles. The molecule has 268 valence electrons. The molecular formula is C36H74N2O6P+. The number of nitrogens with zero attached hydrogens (tertiary/aromatic N) is 1. The van der Waals surface area contributed by atoms with Gasteiger partial charge in [-0.25, -0.2) is 4.57 Å². The molecular weight excluding hydrogens is 587 g/mol. The predicted octanol–water partition coefficient (Wildman–Crippen LogP) is 9.24. The Bertz CT molecular complexity index is 758. The van der Waals surface area contributed by atoms with Gasteiger partial charge in [-0.05, 0) is 38.5 Å². The fourth-order valence-corrected chi connectivity index (χ4v) is 5.95. The molecule has 0 bridgehead atoms. The van der Waals surface area contributed by atoms with Gasteiger partial charge in [0.25, 0.3) is 0 Å². The zero-order valence-electron chi connectivity index (χ0n) is 30.1. The van der Waals surface area contributed by atoms with Gasteiger partial charge < -0.3 is 19.8 Å². The van der Waals surface area contributed by atoms with Crippen LogP contribution in [0.1, 0.15) is 162 Å². The lowest BCUT2D eigenvalue weighted by Crippen LogP contribution is -2.46. The number of carbonyl (C=O) groups is 1. The Morgan fingerprint density at radius 2 is 1.20 bits per heavy atom. The molecule has 3 N–H and O–H groups in total. The summed E-state index contributed by atoms with van der Waals surface area (Å²) in [6, 6.07) is -0.752. The number of allylic oxidation sites excluding steroid dienone is 2. The zero-order valence-corrected chi connectivity index (χ0v) is 31.0. The first-order valence-electron chi connectivity index (χ1n) is 18.6. The third-order valence-electron chi connectivity index (χ3n) is 8.26. The average Bonchev–Trinajstić information content (AvgIpc) is 2.97. The van der Waals surface area contributed by atoms with Gasteiger partial charge in [-0.15, -0.1) is 0 Å². The standard InChI is InChI=1S/C36H73N2O6P/c1-6-8-10-12-13-14-15-16-17-18-19-20-21-22-23-24-25-26-28-30-36(40)37-34(35(39)29-27-11-9-7-2)33-44-45(41,42)43-32-31-38(3,4)5/h16-17,34-35,39H,6-15,18-33H2,1-5H3,(H-,37,40,41,42)/p+1/b17-16-. The van der Waals surface area contributed by atoms with Gasteiger partial charge in [0.15, 0.2) is 0 Å². The van der Waals surface area contributed by atoms with Crippen molar-refractivity contribution < 1.29 is 32.9 Å². The van der Waals surface area contributed by atoms with E-state index in [1.807, 2.05) is 21.1 Å². The number of carbonyl (C=O) groups excluding carboxylic acids is 1. The first kappa shape index (κ1) is 44.2. The minimum atomic E-state index is -4.29. The number of amides is 1. The second-order valence-corrected chi connectivity index (χ2v) is 15.4. The van der Waals surface area contributed by atoms with Crippen LogP contribution in [0.4, 0.5) is 0 Å². The van der Waals surface area contributed by atoms with Gasteiger partial charge in [0.05, 0.1) is 39.9 Å². The van der Waals surface area contributed by atoms with E-state index in [4.69, 9.17) is 9.05 Å². The van der Waals surface area contributed by atoms with Gasteiger partial charge in [-0.1, -0.05) is 129 Å². The maximum Gasteiger partial charge on any atom is 0.472 e. The Morgan fingerprint density at radius 3 is 1.71 bits per heavy atom. The molecule has 3 unspecified atom stereocenters. The molecule has 8 nitrogen and oxygen atoms in total. The highest BCUT2D eigenvalue weighted by Gasteiger charge is 2.28. The van der Waals surface area contributed by atoms with Crippen LogP contribution in [-0.4, -0.2) is 73.4 Å². The monoisotopic (exact) mass is 662 g/mol. The Kier molecular flexibility index (Phi) is 28.9. The summed E-state index contributed by atoms with van der Waals surface area (Å²) >= 11 is 0. The fourth-order valence-electron chi connectivity index (χ4n) is 5.21. The normalized spacial score (nSPS) is 14.9. The van der Waals surface area contributed by atoms with E-state index in [-0.39, 0.29) is 19.1 Å². The number of aliphatic hydroxyl groups excluding tert-OH is 1. The highest BCUT2D eigenvalue weighted by molar-refractivity contribution is 7.47. The number of aliphatic hydroxyl groups is 1. The van der Waals surface area contributed by atoms with Gasteiger partial charge in [0.1, 0.15) is 13.2 Å². The Balaban J connectivity index is 4.12. The van der Waals surface area contributed by atoms with Gasteiger partial charge >= 0.3 is 7.82 Å². The van der Waals surface area contributed by atoms with E-state index in [2.05, 4.69) is 31.3 Å². The highest BCUT2D eigenvalue weighted by atomic mass is 31.2. The maximum absolute atomic E-state index is 12.7. The van der Waals surface area contributed by atoms with Crippen molar-refractivity contribution in [3.63, 3.8) is 0 Å². The van der Waals surface area contributed by atoms with Crippen LogP contribution in [-0.2, 0) is 18.4 Å². The highest BCUT2D eigenvalue weighted by Crippen LogP contribution is 2.43. The van der Waals surface area contributed by atoms with E-state index in [1.165, 1.54) is 89.9 Å². The van der Waals surface area contributed by atoms with Crippen LogP contribution in [0.25, 0.3) is 0 Å². The van der Waals surface area contributed by atoms with Crippen molar-refractivity contribution in [2.75, 3.05) is 40.9 Å².